The minimum absolute atomic E-state index is 0.396. The summed E-state index contributed by atoms with van der Waals surface area (Å²) in [7, 11) is 0. The number of nitrogens with one attached hydrogen (secondary N) is 1. The van der Waals surface area contributed by atoms with Crippen LogP contribution >= 0.6 is 0 Å². The average molecular weight is 247 g/mol. The predicted octanol–water partition coefficient (Wildman–Crippen LogP) is 1.68. The molecule has 1 aromatic carbocycles. The van der Waals surface area contributed by atoms with Crippen LogP contribution in [0.5, 0.6) is 0 Å². The molecule has 0 fully saturated rings. The standard InChI is InChI=1S/C12H17N5O/c1-12(11(13)18,10-6-3-2-4-7-10)15-8-5-9-16-17-14/h2-4,6-7,15H,5,8-9H2,1H3,(H2,13,18). The van der Waals surface area contributed by atoms with E-state index in [1.54, 1.807) is 6.92 Å². The molecule has 6 heteroatoms. The van der Waals surface area contributed by atoms with Gasteiger partial charge < -0.3 is 5.73 Å². The molecule has 0 spiro atoms. The number of carbonyl (C=O) groups excluding carboxylic acids is 1. The Hall–Kier alpha value is -2.04. The summed E-state index contributed by atoms with van der Waals surface area (Å²) in [5.41, 5.74) is 13.5. The molecule has 1 aromatic rings. The Kier molecular flexibility index (Phi) is 5.17. The van der Waals surface area contributed by atoms with Crippen molar-refractivity contribution in [2.75, 3.05) is 13.1 Å². The normalized spacial score (nSPS) is 13.4. The zero-order valence-corrected chi connectivity index (χ0v) is 10.3. The third kappa shape index (κ3) is 3.48. The molecule has 1 amide bonds. The second-order valence-electron chi connectivity index (χ2n) is 4.09. The van der Waals surface area contributed by atoms with Crippen LogP contribution in [0.3, 0.4) is 0 Å². The second-order valence-corrected chi connectivity index (χ2v) is 4.09. The van der Waals surface area contributed by atoms with Crippen molar-refractivity contribution in [2.24, 2.45) is 10.8 Å². The van der Waals surface area contributed by atoms with E-state index in [1.165, 1.54) is 0 Å². The van der Waals surface area contributed by atoms with Crippen LogP contribution in [0.25, 0.3) is 10.4 Å². The van der Waals surface area contributed by atoms with Crippen LogP contribution in [-0.4, -0.2) is 19.0 Å². The van der Waals surface area contributed by atoms with Crippen molar-refractivity contribution in [3.05, 3.63) is 46.3 Å². The minimum Gasteiger partial charge on any atom is -0.368 e. The molecule has 1 rings (SSSR count). The summed E-state index contributed by atoms with van der Waals surface area (Å²) in [4.78, 5) is 14.3. The molecule has 0 heterocycles. The van der Waals surface area contributed by atoms with E-state index in [0.29, 0.717) is 19.5 Å². The van der Waals surface area contributed by atoms with E-state index >= 15 is 0 Å². The van der Waals surface area contributed by atoms with Crippen LogP contribution in [0.4, 0.5) is 0 Å². The van der Waals surface area contributed by atoms with E-state index < -0.39 is 11.4 Å². The van der Waals surface area contributed by atoms with Gasteiger partial charge in [-0.2, -0.15) is 0 Å². The van der Waals surface area contributed by atoms with E-state index in [2.05, 4.69) is 15.3 Å². The summed E-state index contributed by atoms with van der Waals surface area (Å²) in [6.45, 7) is 2.69. The zero-order valence-electron chi connectivity index (χ0n) is 10.3. The molecular weight excluding hydrogens is 230 g/mol. The molecule has 0 aliphatic heterocycles. The summed E-state index contributed by atoms with van der Waals surface area (Å²) in [6, 6.07) is 9.30. The number of nitrogens with zero attached hydrogens (tertiary/aromatic N) is 3. The van der Waals surface area contributed by atoms with Gasteiger partial charge in [-0.3, -0.25) is 10.1 Å². The van der Waals surface area contributed by atoms with Gasteiger partial charge in [0.25, 0.3) is 0 Å². The van der Waals surface area contributed by atoms with Gasteiger partial charge in [0, 0.05) is 11.5 Å². The lowest BCUT2D eigenvalue weighted by Crippen LogP contribution is -2.50. The Morgan fingerprint density at radius 1 is 1.50 bits per heavy atom. The van der Waals surface area contributed by atoms with Crippen molar-refractivity contribution in [2.45, 2.75) is 18.9 Å². The molecule has 0 aliphatic carbocycles. The number of amides is 1. The van der Waals surface area contributed by atoms with Crippen molar-refractivity contribution >= 4 is 5.91 Å². The maximum absolute atomic E-state index is 11.6. The number of rotatable bonds is 7. The number of primary amides is 1. The highest BCUT2D eigenvalue weighted by Crippen LogP contribution is 2.19. The number of hydrogen-bond donors (Lipinski definition) is 2. The van der Waals surface area contributed by atoms with Gasteiger partial charge in [-0.15, -0.1) is 0 Å². The first-order valence-electron chi connectivity index (χ1n) is 5.72. The number of carbonyl (C=O) groups is 1. The Balaban J connectivity index is 2.70. The molecule has 0 aliphatic rings. The zero-order chi connectivity index (χ0) is 13.4. The van der Waals surface area contributed by atoms with Crippen molar-refractivity contribution in [1.29, 1.82) is 0 Å². The molecule has 18 heavy (non-hydrogen) atoms. The average Bonchev–Trinajstić information content (AvgIpc) is 2.39. The first-order chi connectivity index (χ1) is 8.61. The first-order valence-corrected chi connectivity index (χ1v) is 5.72. The maximum atomic E-state index is 11.6. The van der Waals surface area contributed by atoms with E-state index in [4.69, 9.17) is 11.3 Å². The van der Waals surface area contributed by atoms with Gasteiger partial charge in [0.15, 0.2) is 0 Å². The smallest absolute Gasteiger partial charge is 0.242 e. The topological polar surface area (TPSA) is 104 Å². The van der Waals surface area contributed by atoms with E-state index in [1.807, 2.05) is 30.3 Å². The fourth-order valence-corrected chi connectivity index (χ4v) is 1.64. The summed E-state index contributed by atoms with van der Waals surface area (Å²) in [5.74, 6) is -0.433. The van der Waals surface area contributed by atoms with Crippen LogP contribution in [-0.2, 0) is 10.3 Å². The lowest BCUT2D eigenvalue weighted by molar-refractivity contribution is -0.124. The molecule has 0 saturated heterocycles. The Labute approximate surface area is 106 Å². The van der Waals surface area contributed by atoms with Crippen LogP contribution in [0.2, 0.25) is 0 Å². The molecule has 0 aromatic heterocycles. The quantitative estimate of drug-likeness (QED) is 0.331. The van der Waals surface area contributed by atoms with Gasteiger partial charge in [0.05, 0.1) is 0 Å². The van der Waals surface area contributed by atoms with Crippen molar-refractivity contribution in [1.82, 2.24) is 5.32 Å². The Morgan fingerprint density at radius 3 is 2.72 bits per heavy atom. The van der Waals surface area contributed by atoms with Crippen LogP contribution < -0.4 is 11.1 Å². The lowest BCUT2D eigenvalue weighted by Gasteiger charge is -2.28. The molecular formula is C12H17N5O. The van der Waals surface area contributed by atoms with Crippen molar-refractivity contribution < 1.29 is 4.79 Å². The van der Waals surface area contributed by atoms with E-state index in [9.17, 15) is 4.79 Å². The van der Waals surface area contributed by atoms with Gasteiger partial charge in [0.2, 0.25) is 5.91 Å². The summed E-state index contributed by atoms with van der Waals surface area (Å²) >= 11 is 0. The van der Waals surface area contributed by atoms with Crippen molar-refractivity contribution in [3.8, 4) is 0 Å². The van der Waals surface area contributed by atoms with Gasteiger partial charge in [-0.1, -0.05) is 35.4 Å². The molecule has 1 unspecified atom stereocenters. The fourth-order valence-electron chi connectivity index (χ4n) is 1.64. The van der Waals surface area contributed by atoms with Gasteiger partial charge in [-0.05, 0) is 31.0 Å². The minimum atomic E-state index is -0.905. The van der Waals surface area contributed by atoms with Gasteiger partial charge in [-0.25, -0.2) is 0 Å². The summed E-state index contributed by atoms with van der Waals surface area (Å²) < 4.78 is 0. The summed E-state index contributed by atoms with van der Waals surface area (Å²) in [6.07, 6.45) is 0.653. The largest absolute Gasteiger partial charge is 0.368 e. The molecule has 0 saturated carbocycles. The summed E-state index contributed by atoms with van der Waals surface area (Å²) in [5, 5.41) is 6.55. The fraction of sp³-hybridized carbons (Fsp3) is 0.417. The molecule has 6 nitrogen and oxygen atoms in total. The number of nitrogens with two attached hydrogens (primary N) is 1. The van der Waals surface area contributed by atoms with E-state index in [-0.39, 0.29) is 0 Å². The monoisotopic (exact) mass is 247 g/mol. The molecule has 3 N–H and O–H groups in total. The maximum Gasteiger partial charge on any atom is 0.242 e. The second kappa shape index (κ2) is 6.64. The molecule has 96 valence electrons. The van der Waals surface area contributed by atoms with Crippen LogP contribution in [0, 0.1) is 0 Å². The lowest BCUT2D eigenvalue weighted by atomic mass is 9.91. The number of hydrogen-bond acceptors (Lipinski definition) is 3. The van der Waals surface area contributed by atoms with Crippen LogP contribution in [0.15, 0.2) is 35.4 Å². The van der Waals surface area contributed by atoms with E-state index in [0.717, 1.165) is 5.56 Å². The first kappa shape index (κ1) is 14.0. The van der Waals surface area contributed by atoms with Crippen LogP contribution in [0.1, 0.15) is 18.9 Å². The third-order valence-corrected chi connectivity index (χ3v) is 2.82. The Morgan fingerprint density at radius 2 is 2.17 bits per heavy atom. The highest BCUT2D eigenvalue weighted by atomic mass is 16.1. The molecule has 0 radical (unpaired) electrons. The Bertz CT molecular complexity index is 441. The predicted molar refractivity (Wildman–Crippen MR) is 69.6 cm³/mol. The molecule has 0 bridgehead atoms. The number of benzene rings is 1. The molecule has 1 atom stereocenters. The van der Waals surface area contributed by atoms with Crippen molar-refractivity contribution in [3.63, 3.8) is 0 Å². The number of azide groups is 1. The third-order valence-electron chi connectivity index (χ3n) is 2.82. The SMILES string of the molecule is CC(NCCCN=[N+]=[N-])(C(N)=O)c1ccccc1. The van der Waals surface area contributed by atoms with Gasteiger partial charge in [0.1, 0.15) is 5.54 Å². The highest BCUT2D eigenvalue weighted by molar-refractivity contribution is 5.85. The highest BCUT2D eigenvalue weighted by Gasteiger charge is 2.31. The van der Waals surface area contributed by atoms with Gasteiger partial charge >= 0.3 is 0 Å².